The van der Waals surface area contributed by atoms with Crippen molar-refractivity contribution in [2.75, 3.05) is 6.54 Å². The van der Waals surface area contributed by atoms with E-state index in [0.29, 0.717) is 12.1 Å². The van der Waals surface area contributed by atoms with Gasteiger partial charge in [-0.15, -0.1) is 0 Å². The van der Waals surface area contributed by atoms with Crippen LogP contribution >= 0.6 is 7.82 Å². The Bertz CT molecular complexity index is 866. The Labute approximate surface area is 185 Å². The van der Waals surface area contributed by atoms with E-state index in [-0.39, 0.29) is 0 Å². The first-order chi connectivity index (χ1) is 14.6. The van der Waals surface area contributed by atoms with E-state index in [1.807, 2.05) is 56.3 Å². The Morgan fingerprint density at radius 1 is 1.06 bits per heavy atom. The molecule has 0 aliphatic heterocycles. The van der Waals surface area contributed by atoms with Crippen molar-refractivity contribution >= 4 is 24.6 Å². The van der Waals surface area contributed by atoms with Gasteiger partial charge in [0.2, 0.25) is 0 Å². The molecule has 0 spiro atoms. The van der Waals surface area contributed by atoms with Crippen LogP contribution in [0.1, 0.15) is 71.9 Å². The van der Waals surface area contributed by atoms with Crippen molar-refractivity contribution in [1.29, 1.82) is 0 Å². The third kappa shape index (κ3) is 9.40. The second kappa shape index (κ2) is 12.8. The molecule has 1 atom stereocenters. The van der Waals surface area contributed by atoms with Crippen LogP contribution in [0.5, 0.6) is 0 Å². The highest BCUT2D eigenvalue weighted by atomic mass is 31.2. The molecule has 0 fully saturated rings. The number of hydrogen-bond donors (Lipinski definition) is 4. The predicted octanol–water partition coefficient (Wildman–Crippen LogP) is 5.67. The molecule has 0 heterocycles. The summed E-state index contributed by atoms with van der Waals surface area (Å²) in [6.07, 6.45) is 4.15. The Balaban J connectivity index is 0.00000233. The van der Waals surface area contributed by atoms with Crippen molar-refractivity contribution in [3.05, 3.63) is 48.0 Å². The zero-order valence-corrected chi connectivity index (χ0v) is 20.1. The SMILES string of the molecule is CC.CCCCCCNC(=O)NC(c1ccc2ccccc2c1)C(C)(C)OP(=O)(O)O. The molecule has 2 rings (SSSR count). The number of nitrogens with one attached hydrogen (secondary N) is 2. The number of phosphoric acid groups is 1. The summed E-state index contributed by atoms with van der Waals surface area (Å²) in [7, 11) is -4.76. The van der Waals surface area contributed by atoms with Gasteiger partial charge in [-0.2, -0.15) is 0 Å². The molecular weight excluding hydrogens is 415 g/mol. The van der Waals surface area contributed by atoms with Crippen molar-refractivity contribution in [2.45, 2.75) is 71.9 Å². The molecule has 0 aliphatic rings. The van der Waals surface area contributed by atoms with Crippen molar-refractivity contribution < 1.29 is 23.7 Å². The van der Waals surface area contributed by atoms with Crippen molar-refractivity contribution in [3.63, 3.8) is 0 Å². The Morgan fingerprint density at radius 3 is 2.32 bits per heavy atom. The molecule has 2 amide bonds. The normalized spacial score (nSPS) is 12.6. The molecule has 2 aromatic rings. The molecule has 8 heteroatoms. The number of amides is 2. The van der Waals surface area contributed by atoms with Crippen LogP contribution in [0.2, 0.25) is 0 Å². The van der Waals surface area contributed by atoms with Crippen LogP contribution in [-0.2, 0) is 9.09 Å². The number of benzene rings is 2. The number of rotatable bonds is 10. The van der Waals surface area contributed by atoms with E-state index >= 15 is 0 Å². The summed E-state index contributed by atoms with van der Waals surface area (Å²) in [4.78, 5) is 31.1. The van der Waals surface area contributed by atoms with Gasteiger partial charge in [0.1, 0.15) is 0 Å². The molecule has 4 N–H and O–H groups in total. The summed E-state index contributed by atoms with van der Waals surface area (Å²) in [6.45, 7) is 9.76. The van der Waals surface area contributed by atoms with E-state index in [1.165, 1.54) is 0 Å². The van der Waals surface area contributed by atoms with Crippen LogP contribution in [0.25, 0.3) is 10.8 Å². The van der Waals surface area contributed by atoms with Gasteiger partial charge >= 0.3 is 13.9 Å². The largest absolute Gasteiger partial charge is 0.470 e. The molecule has 2 aromatic carbocycles. The van der Waals surface area contributed by atoms with E-state index in [4.69, 9.17) is 4.52 Å². The first-order valence-corrected chi connectivity index (χ1v) is 12.4. The van der Waals surface area contributed by atoms with Gasteiger partial charge in [-0.25, -0.2) is 9.36 Å². The fraction of sp³-hybridized carbons (Fsp3) is 0.522. The Hall–Kier alpha value is -1.92. The Kier molecular flexibility index (Phi) is 11.2. The predicted molar refractivity (Wildman–Crippen MR) is 126 cm³/mol. The summed E-state index contributed by atoms with van der Waals surface area (Å²) in [5.74, 6) is 0. The highest BCUT2D eigenvalue weighted by Gasteiger charge is 2.38. The number of urea groups is 1. The van der Waals surface area contributed by atoms with Crippen LogP contribution < -0.4 is 10.6 Å². The highest BCUT2D eigenvalue weighted by Crippen LogP contribution is 2.45. The molecule has 0 aromatic heterocycles. The van der Waals surface area contributed by atoms with E-state index in [9.17, 15) is 19.1 Å². The molecule has 31 heavy (non-hydrogen) atoms. The third-order valence-electron chi connectivity index (χ3n) is 4.75. The number of carbonyl (C=O) groups excluding carboxylic acids is 1. The molecule has 0 radical (unpaired) electrons. The lowest BCUT2D eigenvalue weighted by molar-refractivity contribution is 0.0338. The van der Waals surface area contributed by atoms with E-state index in [1.54, 1.807) is 13.8 Å². The minimum absolute atomic E-state index is 0.401. The summed E-state index contributed by atoms with van der Waals surface area (Å²) in [5, 5.41) is 7.64. The summed E-state index contributed by atoms with van der Waals surface area (Å²) in [6, 6.07) is 12.2. The first kappa shape index (κ1) is 27.1. The molecule has 174 valence electrons. The lowest BCUT2D eigenvalue weighted by atomic mass is 9.90. The number of fused-ring (bicyclic) bond motifs is 1. The van der Waals surface area contributed by atoms with E-state index < -0.39 is 25.5 Å². The molecule has 7 nitrogen and oxygen atoms in total. The van der Waals surface area contributed by atoms with Gasteiger partial charge in [-0.05, 0) is 42.7 Å². The topological polar surface area (TPSA) is 108 Å². The first-order valence-electron chi connectivity index (χ1n) is 10.9. The second-order valence-corrected chi connectivity index (χ2v) is 8.85. The summed E-state index contributed by atoms with van der Waals surface area (Å²) in [5.41, 5.74) is -0.649. The zero-order valence-electron chi connectivity index (χ0n) is 19.2. The fourth-order valence-corrected chi connectivity index (χ4v) is 4.06. The monoisotopic (exact) mass is 452 g/mol. The lowest BCUT2D eigenvalue weighted by Gasteiger charge is -2.35. The molecule has 0 saturated carbocycles. The van der Waals surface area contributed by atoms with E-state index in [2.05, 4.69) is 17.6 Å². The quantitative estimate of drug-likeness (QED) is 0.274. The van der Waals surface area contributed by atoms with Gasteiger partial charge in [0.05, 0.1) is 11.6 Å². The lowest BCUT2D eigenvalue weighted by Crippen LogP contribution is -2.47. The molecule has 0 bridgehead atoms. The zero-order chi connectivity index (χ0) is 23.5. The standard InChI is InChI=1S/C21H31N2O5P.C2H6/c1-4-5-6-9-14-22-20(24)23-19(21(2,3)28-29(25,26)27)18-13-12-16-10-7-8-11-17(16)15-18;1-2/h7-8,10-13,15,19H,4-6,9,14H2,1-3H3,(H2,22,23,24)(H2,25,26,27);1-2H3. The summed E-state index contributed by atoms with van der Waals surface area (Å²) >= 11 is 0. The minimum Gasteiger partial charge on any atom is -0.338 e. The van der Waals surface area contributed by atoms with Gasteiger partial charge < -0.3 is 20.4 Å². The molecule has 1 unspecified atom stereocenters. The van der Waals surface area contributed by atoms with Crippen LogP contribution in [0, 0.1) is 0 Å². The number of phosphoric ester groups is 1. The van der Waals surface area contributed by atoms with Crippen molar-refractivity contribution in [3.8, 4) is 0 Å². The average molecular weight is 453 g/mol. The number of carbonyl (C=O) groups is 1. The van der Waals surface area contributed by atoms with E-state index in [0.717, 1.165) is 36.5 Å². The van der Waals surface area contributed by atoms with Crippen molar-refractivity contribution in [2.24, 2.45) is 0 Å². The van der Waals surface area contributed by atoms with Gasteiger partial charge in [-0.3, -0.25) is 4.52 Å². The maximum absolute atomic E-state index is 12.5. The van der Waals surface area contributed by atoms with Gasteiger partial charge in [0.15, 0.2) is 0 Å². The maximum Gasteiger partial charge on any atom is 0.470 e. The third-order valence-corrected chi connectivity index (χ3v) is 5.46. The number of hydrogen-bond acceptors (Lipinski definition) is 3. The van der Waals surface area contributed by atoms with Crippen LogP contribution in [0.4, 0.5) is 4.79 Å². The van der Waals surface area contributed by atoms with Crippen LogP contribution in [-0.4, -0.2) is 28.0 Å². The Morgan fingerprint density at radius 2 is 1.71 bits per heavy atom. The highest BCUT2D eigenvalue weighted by molar-refractivity contribution is 7.46. The average Bonchev–Trinajstić information content (AvgIpc) is 2.71. The van der Waals surface area contributed by atoms with Crippen molar-refractivity contribution in [1.82, 2.24) is 10.6 Å². The summed E-state index contributed by atoms with van der Waals surface area (Å²) < 4.78 is 16.5. The minimum atomic E-state index is -4.76. The molecular formula is C23H37N2O5P. The second-order valence-electron chi connectivity index (χ2n) is 7.69. The fourth-order valence-electron chi connectivity index (χ4n) is 3.34. The number of unbranched alkanes of at least 4 members (excludes halogenated alkanes) is 3. The molecule has 0 aliphatic carbocycles. The van der Waals surface area contributed by atoms with Gasteiger partial charge in [0, 0.05) is 6.54 Å². The van der Waals surface area contributed by atoms with Gasteiger partial charge in [0.25, 0.3) is 0 Å². The van der Waals surface area contributed by atoms with Crippen LogP contribution in [0.3, 0.4) is 0 Å². The van der Waals surface area contributed by atoms with Gasteiger partial charge in [-0.1, -0.05) is 76.4 Å². The maximum atomic E-state index is 12.5. The van der Waals surface area contributed by atoms with Crippen LogP contribution in [0.15, 0.2) is 42.5 Å². The smallest absolute Gasteiger partial charge is 0.338 e. The molecule has 0 saturated heterocycles.